The number of benzene rings is 2. The molecule has 2 aromatic carbocycles. The molecule has 3 fully saturated rings. The Morgan fingerprint density at radius 1 is 1.07 bits per heavy atom. The third kappa shape index (κ3) is 5.04. The number of nitrogens with one attached hydrogen (secondary N) is 2. The largest absolute Gasteiger partial charge is 0.484 e. The van der Waals surface area contributed by atoms with Crippen LogP contribution in [-0.4, -0.2) is 56.6 Å². The molecule has 3 heterocycles. The third-order valence-electron chi connectivity index (χ3n) is 9.71. The van der Waals surface area contributed by atoms with Gasteiger partial charge >= 0.3 is 10.8 Å². The number of likely N-dealkylation sites (tertiary alicyclic amines) is 1. The predicted octanol–water partition coefficient (Wildman–Crippen LogP) is 5.34. The van der Waals surface area contributed by atoms with Crippen molar-refractivity contribution in [2.45, 2.75) is 42.5 Å². The highest BCUT2D eigenvalue weighted by Gasteiger charge is 2.70. The van der Waals surface area contributed by atoms with Crippen LogP contribution >= 0.6 is 46.3 Å². The van der Waals surface area contributed by atoms with Gasteiger partial charge in [-0.25, -0.2) is 4.79 Å². The maximum atomic E-state index is 13.9. The molecular weight excluding hydrogens is 673 g/mol. The Balaban J connectivity index is 1.17. The van der Waals surface area contributed by atoms with E-state index in [0.717, 1.165) is 31.7 Å². The van der Waals surface area contributed by atoms with Crippen LogP contribution in [-0.2, 0) is 19.2 Å². The van der Waals surface area contributed by atoms with Gasteiger partial charge in [-0.2, -0.15) is 0 Å². The van der Waals surface area contributed by atoms with Crippen molar-refractivity contribution in [2.75, 3.05) is 11.9 Å². The Morgan fingerprint density at radius 2 is 1.80 bits per heavy atom. The smallest absolute Gasteiger partial charge is 0.327 e. The molecule has 46 heavy (non-hydrogen) atoms. The van der Waals surface area contributed by atoms with Gasteiger partial charge in [0.25, 0.3) is 5.91 Å². The fraction of sp³-hybridized carbons (Fsp3) is 0.406. The van der Waals surface area contributed by atoms with E-state index in [4.69, 9.17) is 27.9 Å². The predicted molar refractivity (Wildman–Crippen MR) is 174 cm³/mol. The first-order valence-corrected chi connectivity index (χ1v) is 17.4. The van der Waals surface area contributed by atoms with E-state index in [2.05, 4.69) is 10.3 Å². The van der Waals surface area contributed by atoms with E-state index in [9.17, 15) is 29.1 Å². The molecule has 1 saturated heterocycles. The lowest BCUT2D eigenvalue weighted by Crippen LogP contribution is -2.49. The number of thioether (sulfide) groups is 1. The fourth-order valence-electron chi connectivity index (χ4n) is 8.10. The van der Waals surface area contributed by atoms with E-state index in [-0.39, 0.29) is 40.4 Å². The van der Waals surface area contributed by atoms with Gasteiger partial charge in [0.05, 0.1) is 26.9 Å². The number of aromatic nitrogens is 1. The molecule has 8 atom stereocenters. The minimum absolute atomic E-state index is 0.0467. The summed E-state index contributed by atoms with van der Waals surface area (Å²) in [5, 5.41) is 14.1. The zero-order valence-electron chi connectivity index (χ0n) is 24.6. The van der Waals surface area contributed by atoms with E-state index in [1.165, 1.54) is 0 Å². The van der Waals surface area contributed by atoms with Crippen molar-refractivity contribution < 1.29 is 29.0 Å². The first-order valence-electron chi connectivity index (χ1n) is 14.9. The maximum absolute atomic E-state index is 13.9. The summed E-state index contributed by atoms with van der Waals surface area (Å²) in [6.45, 7) is 3.14. The standard InChI is InChI=1S/C32H29Cl2N3O7S2/c1-12(2)25(31(41)42)37-29(39)23-16-10-17(24(23)30(37)40)26-22(16)21(27-28(45-26)36-32(43)46-27)13-4-3-5-15(8-13)44-11-20(38)35-14-6-7-18(33)19(34)9-14/h3-9,12,16-17,21-26H,10-11H2,1-2H3,(H,35,38)(H,36,43)(H,41,42)/t16?,17?,21-,22?,23?,24?,25?,26?/m1/s1. The van der Waals surface area contributed by atoms with Crippen molar-refractivity contribution in [2.24, 2.45) is 35.5 Å². The summed E-state index contributed by atoms with van der Waals surface area (Å²) >= 11 is 14.7. The van der Waals surface area contributed by atoms with Crippen molar-refractivity contribution in [3.05, 3.63) is 72.6 Å². The van der Waals surface area contributed by atoms with Crippen LogP contribution in [0.2, 0.25) is 10.0 Å². The second-order valence-corrected chi connectivity index (χ2v) is 15.6. The van der Waals surface area contributed by atoms with Crippen LogP contribution in [0.3, 0.4) is 0 Å². The van der Waals surface area contributed by atoms with E-state index >= 15 is 0 Å². The van der Waals surface area contributed by atoms with Crippen molar-refractivity contribution in [1.29, 1.82) is 0 Å². The Bertz CT molecular complexity index is 1840. The van der Waals surface area contributed by atoms with Gasteiger partial charge in [0, 0.05) is 21.7 Å². The number of nitrogens with zero attached hydrogens (tertiary/aromatic N) is 1. The zero-order chi connectivity index (χ0) is 32.6. The van der Waals surface area contributed by atoms with Gasteiger partial charge < -0.3 is 20.1 Å². The van der Waals surface area contributed by atoms with Gasteiger partial charge in [-0.3, -0.25) is 24.1 Å². The molecule has 240 valence electrons. The molecule has 2 saturated carbocycles. The highest BCUT2D eigenvalue weighted by Crippen LogP contribution is 2.68. The second-order valence-electron chi connectivity index (χ2n) is 12.6. The number of halogens is 2. The number of carboxylic acid groups (broad SMARTS) is 1. The molecule has 14 heteroatoms. The summed E-state index contributed by atoms with van der Waals surface area (Å²) in [6, 6.07) is 10.9. The van der Waals surface area contributed by atoms with Crippen LogP contribution < -0.4 is 14.9 Å². The summed E-state index contributed by atoms with van der Waals surface area (Å²) in [6.07, 6.45) is 0.684. The lowest BCUT2D eigenvalue weighted by atomic mass is 9.68. The number of ether oxygens (including phenoxy) is 1. The van der Waals surface area contributed by atoms with E-state index in [1.54, 1.807) is 49.9 Å². The SMILES string of the molecule is CC(C)C(C(=O)O)N1C(=O)C2C3CC(C2C1=O)C1C3Sc2[nH]c(=O)sc2[C@@H]1c1cccc(OCC(=O)Nc2ccc(Cl)c(Cl)c2)c1. The van der Waals surface area contributed by atoms with Gasteiger partial charge in [0.2, 0.25) is 11.8 Å². The molecule has 4 aliphatic rings. The molecule has 0 spiro atoms. The van der Waals surface area contributed by atoms with E-state index in [0.29, 0.717) is 27.9 Å². The summed E-state index contributed by atoms with van der Waals surface area (Å²) in [7, 11) is 0. The molecule has 1 aromatic heterocycles. The summed E-state index contributed by atoms with van der Waals surface area (Å²) in [4.78, 5) is 69.7. The molecule has 10 nitrogen and oxygen atoms in total. The lowest BCUT2D eigenvalue weighted by Gasteiger charge is -2.43. The number of amides is 3. The average molecular weight is 703 g/mol. The van der Waals surface area contributed by atoms with Crippen molar-refractivity contribution >= 4 is 75.7 Å². The molecule has 3 N–H and O–H groups in total. The van der Waals surface area contributed by atoms with Gasteiger partial charge in [-0.05, 0) is 66.0 Å². The number of anilines is 1. The monoisotopic (exact) mass is 701 g/mol. The number of aromatic amines is 1. The van der Waals surface area contributed by atoms with Crippen LogP contribution in [0.25, 0.3) is 0 Å². The number of carbonyl (C=O) groups excluding carboxylic acids is 3. The first kappa shape index (κ1) is 31.3. The summed E-state index contributed by atoms with van der Waals surface area (Å²) in [5.41, 5.74) is 1.35. The first-order chi connectivity index (χ1) is 21.9. The fourth-order valence-corrected chi connectivity index (χ4v) is 11.3. The molecule has 2 bridgehead atoms. The third-order valence-corrected chi connectivity index (χ3v) is 13.0. The Morgan fingerprint density at radius 3 is 2.50 bits per heavy atom. The van der Waals surface area contributed by atoms with Crippen LogP contribution in [0.4, 0.5) is 5.69 Å². The van der Waals surface area contributed by atoms with Crippen molar-refractivity contribution in [1.82, 2.24) is 9.88 Å². The second kappa shape index (κ2) is 11.7. The normalized spacial score (nSPS) is 28.2. The highest BCUT2D eigenvalue weighted by atomic mass is 35.5. The van der Waals surface area contributed by atoms with Gasteiger partial charge in [-0.1, -0.05) is 60.5 Å². The number of carboxylic acids is 1. The minimum atomic E-state index is -1.21. The minimum Gasteiger partial charge on any atom is -0.484 e. The number of thiazole rings is 1. The lowest BCUT2D eigenvalue weighted by molar-refractivity contribution is -0.157. The Hall–Kier alpha value is -3.32. The van der Waals surface area contributed by atoms with Crippen LogP contribution in [0.15, 0.2) is 52.3 Å². The number of carbonyl (C=O) groups is 4. The molecule has 7 rings (SSSR count). The number of fused-ring (bicyclic) bond motifs is 9. The number of hydrogen-bond donors (Lipinski definition) is 3. The molecule has 3 aromatic rings. The Kier molecular flexibility index (Phi) is 7.98. The van der Waals surface area contributed by atoms with E-state index in [1.807, 2.05) is 18.2 Å². The molecule has 7 unspecified atom stereocenters. The maximum Gasteiger partial charge on any atom is 0.327 e. The van der Waals surface area contributed by atoms with Crippen LogP contribution in [0.5, 0.6) is 5.75 Å². The zero-order valence-corrected chi connectivity index (χ0v) is 27.7. The number of H-pyrrole nitrogens is 1. The van der Waals surface area contributed by atoms with Gasteiger partial charge in [-0.15, -0.1) is 11.8 Å². The van der Waals surface area contributed by atoms with E-state index < -0.39 is 47.5 Å². The van der Waals surface area contributed by atoms with Crippen molar-refractivity contribution in [3.63, 3.8) is 0 Å². The number of aliphatic carboxylic acids is 1. The number of imide groups is 1. The van der Waals surface area contributed by atoms with Crippen LogP contribution in [0, 0.1) is 35.5 Å². The number of hydrogen-bond acceptors (Lipinski definition) is 8. The highest BCUT2D eigenvalue weighted by molar-refractivity contribution is 8.00. The quantitative estimate of drug-likeness (QED) is 0.267. The molecular formula is C32H29Cl2N3O7S2. The Labute approximate surface area is 281 Å². The van der Waals surface area contributed by atoms with Gasteiger partial charge in [0.15, 0.2) is 6.61 Å². The molecule has 2 aliphatic carbocycles. The molecule has 2 aliphatic heterocycles. The summed E-state index contributed by atoms with van der Waals surface area (Å²) in [5.74, 6) is -4.11. The molecule has 3 amide bonds. The van der Waals surface area contributed by atoms with Crippen molar-refractivity contribution in [3.8, 4) is 5.75 Å². The molecule has 0 radical (unpaired) electrons. The van der Waals surface area contributed by atoms with Crippen LogP contribution in [0.1, 0.15) is 36.6 Å². The number of rotatable bonds is 8. The topological polar surface area (TPSA) is 146 Å². The van der Waals surface area contributed by atoms with Gasteiger partial charge in [0.1, 0.15) is 11.8 Å². The average Bonchev–Trinajstić information content (AvgIpc) is 3.74. The summed E-state index contributed by atoms with van der Waals surface area (Å²) < 4.78 is 5.87.